The number of hydrogen-bond donors (Lipinski definition) is 1. The van der Waals surface area contributed by atoms with Gasteiger partial charge in [0.1, 0.15) is 5.75 Å². The fourth-order valence-electron chi connectivity index (χ4n) is 1.45. The molecule has 2 aromatic rings. The van der Waals surface area contributed by atoms with Crippen LogP contribution < -0.4 is 4.74 Å². The second-order valence-electron chi connectivity index (χ2n) is 3.66. The molecule has 0 atom stereocenters. The van der Waals surface area contributed by atoms with Crippen molar-refractivity contribution in [3.8, 4) is 17.6 Å². The van der Waals surface area contributed by atoms with Gasteiger partial charge in [0.15, 0.2) is 11.6 Å². The highest BCUT2D eigenvalue weighted by atomic mass is 19.1. The molecule has 0 aromatic heterocycles. The van der Waals surface area contributed by atoms with Gasteiger partial charge in [-0.05, 0) is 42.0 Å². The van der Waals surface area contributed by atoms with Crippen molar-refractivity contribution in [2.45, 2.75) is 6.61 Å². The minimum atomic E-state index is -0.536. The lowest BCUT2D eigenvalue weighted by Gasteiger charge is -2.07. The first kappa shape index (κ1) is 12.1. The van der Waals surface area contributed by atoms with Crippen LogP contribution in [-0.2, 0) is 6.61 Å². The Hall–Kier alpha value is -2.38. The topological polar surface area (TPSA) is 53.2 Å². The SMILES string of the molecule is N#Cc1ccc(Oc2ccc(CO)cc2F)cc1. The fraction of sp³-hybridized carbons (Fsp3) is 0.0714. The van der Waals surface area contributed by atoms with Gasteiger partial charge in [0.25, 0.3) is 0 Å². The second-order valence-corrected chi connectivity index (χ2v) is 3.66. The Bertz CT molecular complexity index is 588. The first-order chi connectivity index (χ1) is 8.72. The Morgan fingerprint density at radius 3 is 2.44 bits per heavy atom. The third-order valence-electron chi connectivity index (χ3n) is 2.39. The van der Waals surface area contributed by atoms with E-state index in [1.807, 2.05) is 6.07 Å². The van der Waals surface area contributed by atoms with Crippen LogP contribution in [0.2, 0.25) is 0 Å². The first-order valence-electron chi connectivity index (χ1n) is 5.30. The van der Waals surface area contributed by atoms with E-state index < -0.39 is 5.82 Å². The van der Waals surface area contributed by atoms with Crippen LogP contribution in [0.1, 0.15) is 11.1 Å². The maximum absolute atomic E-state index is 13.6. The molecular weight excluding hydrogens is 233 g/mol. The van der Waals surface area contributed by atoms with Gasteiger partial charge < -0.3 is 9.84 Å². The van der Waals surface area contributed by atoms with Crippen LogP contribution >= 0.6 is 0 Å². The second kappa shape index (κ2) is 5.30. The molecule has 0 spiro atoms. The number of nitriles is 1. The predicted molar refractivity (Wildman–Crippen MR) is 63.6 cm³/mol. The summed E-state index contributed by atoms with van der Waals surface area (Å²) < 4.78 is 18.9. The van der Waals surface area contributed by atoms with Crippen LogP contribution in [0, 0.1) is 17.1 Å². The summed E-state index contributed by atoms with van der Waals surface area (Å²) in [5, 5.41) is 17.5. The third kappa shape index (κ3) is 2.65. The van der Waals surface area contributed by atoms with Gasteiger partial charge in [-0.1, -0.05) is 6.07 Å². The Kier molecular flexibility index (Phi) is 3.56. The quantitative estimate of drug-likeness (QED) is 0.901. The van der Waals surface area contributed by atoms with Crippen LogP contribution in [-0.4, -0.2) is 5.11 Å². The van der Waals surface area contributed by atoms with Gasteiger partial charge in [-0.3, -0.25) is 0 Å². The van der Waals surface area contributed by atoms with Crippen molar-refractivity contribution in [2.24, 2.45) is 0 Å². The van der Waals surface area contributed by atoms with E-state index in [4.69, 9.17) is 15.1 Å². The summed E-state index contributed by atoms with van der Waals surface area (Å²) in [6, 6.07) is 12.6. The van der Waals surface area contributed by atoms with E-state index in [0.29, 0.717) is 16.9 Å². The van der Waals surface area contributed by atoms with Gasteiger partial charge in [0.05, 0.1) is 18.2 Å². The maximum Gasteiger partial charge on any atom is 0.166 e. The highest BCUT2D eigenvalue weighted by molar-refractivity contribution is 5.38. The van der Waals surface area contributed by atoms with Crippen molar-refractivity contribution in [1.82, 2.24) is 0 Å². The predicted octanol–water partition coefficient (Wildman–Crippen LogP) is 2.98. The van der Waals surface area contributed by atoms with Crippen LogP contribution in [0.3, 0.4) is 0 Å². The zero-order valence-corrected chi connectivity index (χ0v) is 9.43. The number of hydrogen-bond acceptors (Lipinski definition) is 3. The van der Waals surface area contributed by atoms with Gasteiger partial charge in [-0.2, -0.15) is 5.26 Å². The van der Waals surface area contributed by atoms with E-state index in [0.717, 1.165) is 0 Å². The normalized spacial score (nSPS) is 9.83. The molecule has 0 bridgehead atoms. The molecule has 0 saturated carbocycles. The van der Waals surface area contributed by atoms with E-state index in [-0.39, 0.29) is 12.4 Å². The summed E-state index contributed by atoms with van der Waals surface area (Å²) in [5.41, 5.74) is 0.998. The zero-order chi connectivity index (χ0) is 13.0. The van der Waals surface area contributed by atoms with Gasteiger partial charge in [-0.25, -0.2) is 4.39 Å². The monoisotopic (exact) mass is 243 g/mol. The maximum atomic E-state index is 13.6. The van der Waals surface area contributed by atoms with Crippen molar-refractivity contribution >= 4 is 0 Å². The molecule has 0 heterocycles. The fourth-order valence-corrected chi connectivity index (χ4v) is 1.45. The number of ether oxygens (including phenoxy) is 1. The molecule has 0 aliphatic carbocycles. The summed E-state index contributed by atoms with van der Waals surface area (Å²) >= 11 is 0. The van der Waals surface area contributed by atoms with Crippen molar-refractivity contribution in [2.75, 3.05) is 0 Å². The largest absolute Gasteiger partial charge is 0.454 e. The number of halogens is 1. The van der Waals surface area contributed by atoms with Crippen molar-refractivity contribution < 1.29 is 14.2 Å². The van der Waals surface area contributed by atoms with Crippen LogP contribution in [0.25, 0.3) is 0 Å². The number of aliphatic hydroxyl groups excluding tert-OH is 1. The van der Waals surface area contributed by atoms with E-state index in [9.17, 15) is 4.39 Å². The van der Waals surface area contributed by atoms with E-state index in [1.165, 1.54) is 12.1 Å². The standard InChI is InChI=1S/C14H10FNO2/c15-13-7-11(9-17)3-6-14(13)18-12-4-1-10(8-16)2-5-12/h1-7,17H,9H2. The number of nitrogens with zero attached hydrogens (tertiary/aromatic N) is 1. The smallest absolute Gasteiger partial charge is 0.166 e. The lowest BCUT2D eigenvalue weighted by Crippen LogP contribution is -1.91. The summed E-state index contributed by atoms with van der Waals surface area (Å²) in [6.45, 7) is -0.214. The first-order valence-corrected chi connectivity index (χ1v) is 5.30. The Morgan fingerprint density at radius 2 is 1.89 bits per heavy atom. The molecule has 0 aliphatic heterocycles. The molecule has 18 heavy (non-hydrogen) atoms. The van der Waals surface area contributed by atoms with Gasteiger partial charge in [-0.15, -0.1) is 0 Å². The minimum Gasteiger partial charge on any atom is -0.454 e. The Balaban J connectivity index is 2.20. The van der Waals surface area contributed by atoms with Crippen LogP contribution in [0.4, 0.5) is 4.39 Å². The van der Waals surface area contributed by atoms with Crippen molar-refractivity contribution in [3.05, 3.63) is 59.4 Å². The van der Waals surface area contributed by atoms with Gasteiger partial charge >= 0.3 is 0 Å². The van der Waals surface area contributed by atoms with E-state index >= 15 is 0 Å². The lowest BCUT2D eigenvalue weighted by molar-refractivity contribution is 0.281. The molecule has 2 aromatic carbocycles. The Morgan fingerprint density at radius 1 is 1.17 bits per heavy atom. The van der Waals surface area contributed by atoms with Crippen molar-refractivity contribution in [1.29, 1.82) is 5.26 Å². The third-order valence-corrected chi connectivity index (χ3v) is 2.39. The summed E-state index contributed by atoms with van der Waals surface area (Å²) in [4.78, 5) is 0. The van der Waals surface area contributed by atoms with Crippen LogP contribution in [0.5, 0.6) is 11.5 Å². The van der Waals surface area contributed by atoms with E-state index in [1.54, 1.807) is 30.3 Å². The van der Waals surface area contributed by atoms with Gasteiger partial charge in [0, 0.05) is 0 Å². The lowest BCUT2D eigenvalue weighted by atomic mass is 10.2. The highest BCUT2D eigenvalue weighted by Crippen LogP contribution is 2.25. The molecule has 4 heteroatoms. The van der Waals surface area contributed by atoms with Crippen LogP contribution in [0.15, 0.2) is 42.5 Å². The molecule has 0 amide bonds. The molecule has 0 unspecified atom stereocenters. The summed E-state index contributed by atoms with van der Waals surface area (Å²) in [6.07, 6.45) is 0. The van der Waals surface area contributed by atoms with Crippen molar-refractivity contribution in [3.63, 3.8) is 0 Å². The number of rotatable bonds is 3. The molecule has 90 valence electrons. The average molecular weight is 243 g/mol. The average Bonchev–Trinajstić information content (AvgIpc) is 2.42. The summed E-state index contributed by atoms with van der Waals surface area (Å²) in [7, 11) is 0. The molecule has 0 aliphatic rings. The molecule has 3 nitrogen and oxygen atoms in total. The van der Waals surface area contributed by atoms with Gasteiger partial charge in [0.2, 0.25) is 0 Å². The zero-order valence-electron chi connectivity index (χ0n) is 9.43. The minimum absolute atomic E-state index is 0.0805. The number of benzene rings is 2. The Labute approximate surface area is 104 Å². The molecular formula is C14H10FNO2. The molecule has 0 fully saturated rings. The molecule has 2 rings (SSSR count). The summed E-state index contributed by atoms with van der Waals surface area (Å²) in [5.74, 6) is -0.00698. The molecule has 1 N–H and O–H groups in total. The molecule has 0 radical (unpaired) electrons. The highest BCUT2D eigenvalue weighted by Gasteiger charge is 2.05. The van der Waals surface area contributed by atoms with E-state index in [2.05, 4.69) is 0 Å². The number of aliphatic hydroxyl groups is 1. The molecule has 0 saturated heterocycles.